The average molecular weight is 340 g/mol. The molecule has 0 bridgehead atoms. The zero-order chi connectivity index (χ0) is 17.6. The Morgan fingerprint density at radius 3 is 2.68 bits per heavy atom. The second-order valence-corrected chi connectivity index (χ2v) is 6.09. The minimum Gasteiger partial charge on any atom is -0.497 e. The molecule has 0 N–H and O–H groups in total. The van der Waals surface area contributed by atoms with Crippen molar-refractivity contribution >= 4 is 5.91 Å². The van der Waals surface area contributed by atoms with Crippen LogP contribution in [0.25, 0.3) is 0 Å². The lowest BCUT2D eigenvalue weighted by atomic mass is 9.97. The van der Waals surface area contributed by atoms with Gasteiger partial charge in [-0.15, -0.1) is 0 Å². The Morgan fingerprint density at radius 2 is 2.12 bits per heavy atom. The van der Waals surface area contributed by atoms with E-state index >= 15 is 0 Å². The molecular weight excluding hydrogens is 316 g/mol. The number of methoxy groups -OCH3 is 1. The van der Waals surface area contributed by atoms with Crippen LogP contribution >= 0.6 is 0 Å². The highest BCUT2D eigenvalue weighted by molar-refractivity contribution is 5.82. The number of rotatable bonds is 6. The number of hydrogen-bond acceptors (Lipinski definition) is 4. The molecule has 3 rings (SSSR count). The molecule has 0 saturated carbocycles. The van der Waals surface area contributed by atoms with Crippen LogP contribution in [0.2, 0.25) is 0 Å². The lowest BCUT2D eigenvalue weighted by Crippen LogP contribution is -2.41. The fourth-order valence-electron chi connectivity index (χ4n) is 3.30. The van der Waals surface area contributed by atoms with Gasteiger partial charge in [0.05, 0.1) is 13.2 Å². The largest absolute Gasteiger partial charge is 0.497 e. The van der Waals surface area contributed by atoms with Crippen molar-refractivity contribution in [1.82, 2.24) is 9.88 Å². The Balaban J connectivity index is 1.98. The standard InChI is InChI=1S/C20H24N2O3/c1-3-22(20(23)18-7-5-13-25-18)19(16-6-4-12-21-14-16)15-8-10-17(24-2)11-9-15/h4,6,8-12,14,18-19H,3,5,7,13H2,1-2H3/t18-,19-/m1/s1. The van der Waals surface area contributed by atoms with E-state index in [4.69, 9.17) is 9.47 Å². The van der Waals surface area contributed by atoms with Crippen LogP contribution < -0.4 is 4.74 Å². The van der Waals surface area contributed by atoms with E-state index in [9.17, 15) is 4.79 Å². The highest BCUT2D eigenvalue weighted by atomic mass is 16.5. The molecule has 1 aromatic heterocycles. The molecule has 1 aliphatic heterocycles. The van der Waals surface area contributed by atoms with Crippen LogP contribution in [0, 0.1) is 0 Å². The number of nitrogens with zero attached hydrogens (tertiary/aromatic N) is 2. The van der Waals surface area contributed by atoms with Crippen molar-refractivity contribution in [2.75, 3.05) is 20.3 Å². The van der Waals surface area contributed by atoms with Gasteiger partial charge in [0.25, 0.3) is 5.91 Å². The van der Waals surface area contributed by atoms with Crippen molar-refractivity contribution in [3.05, 3.63) is 59.9 Å². The molecule has 0 aliphatic carbocycles. The molecule has 2 heterocycles. The number of benzene rings is 1. The van der Waals surface area contributed by atoms with E-state index in [0.717, 1.165) is 29.7 Å². The van der Waals surface area contributed by atoms with Gasteiger partial charge in [0.2, 0.25) is 0 Å². The van der Waals surface area contributed by atoms with Gasteiger partial charge >= 0.3 is 0 Å². The van der Waals surface area contributed by atoms with Crippen LogP contribution in [-0.2, 0) is 9.53 Å². The molecule has 0 radical (unpaired) electrons. The number of ether oxygens (including phenoxy) is 2. The quantitative estimate of drug-likeness (QED) is 0.810. The van der Waals surface area contributed by atoms with Gasteiger partial charge in [0.15, 0.2) is 0 Å². The molecular formula is C20H24N2O3. The molecule has 0 spiro atoms. The molecule has 1 aromatic carbocycles. The zero-order valence-corrected chi connectivity index (χ0v) is 14.7. The molecule has 25 heavy (non-hydrogen) atoms. The van der Waals surface area contributed by atoms with E-state index in [-0.39, 0.29) is 18.1 Å². The minimum absolute atomic E-state index is 0.0460. The van der Waals surface area contributed by atoms with Crippen molar-refractivity contribution in [3.63, 3.8) is 0 Å². The summed E-state index contributed by atoms with van der Waals surface area (Å²) in [6.07, 6.45) is 4.95. The van der Waals surface area contributed by atoms with E-state index in [1.807, 2.05) is 54.4 Å². The number of aromatic nitrogens is 1. The number of pyridine rings is 1. The first kappa shape index (κ1) is 17.4. The predicted molar refractivity (Wildman–Crippen MR) is 95.4 cm³/mol. The Labute approximate surface area is 148 Å². The second-order valence-electron chi connectivity index (χ2n) is 6.09. The van der Waals surface area contributed by atoms with E-state index in [1.165, 1.54) is 0 Å². The number of amides is 1. The average Bonchev–Trinajstić information content (AvgIpc) is 3.21. The van der Waals surface area contributed by atoms with Crippen LogP contribution in [0.4, 0.5) is 0 Å². The topological polar surface area (TPSA) is 51.7 Å². The Bertz CT molecular complexity index is 682. The van der Waals surface area contributed by atoms with Crippen LogP contribution in [0.3, 0.4) is 0 Å². The van der Waals surface area contributed by atoms with E-state index in [0.29, 0.717) is 13.2 Å². The molecule has 1 fully saturated rings. The van der Waals surface area contributed by atoms with Gasteiger partial charge in [-0.1, -0.05) is 18.2 Å². The molecule has 2 atom stereocenters. The van der Waals surface area contributed by atoms with Crippen LogP contribution in [0.15, 0.2) is 48.8 Å². The van der Waals surface area contributed by atoms with Gasteiger partial charge in [-0.05, 0) is 49.1 Å². The summed E-state index contributed by atoms with van der Waals surface area (Å²) in [6.45, 7) is 3.26. The van der Waals surface area contributed by atoms with Crippen molar-refractivity contribution in [3.8, 4) is 5.75 Å². The summed E-state index contributed by atoms with van der Waals surface area (Å²) in [4.78, 5) is 19.2. The van der Waals surface area contributed by atoms with Gasteiger partial charge < -0.3 is 14.4 Å². The first-order valence-electron chi connectivity index (χ1n) is 8.70. The monoisotopic (exact) mass is 340 g/mol. The van der Waals surface area contributed by atoms with Gasteiger partial charge in [0.1, 0.15) is 11.9 Å². The second kappa shape index (κ2) is 8.12. The third-order valence-electron chi connectivity index (χ3n) is 4.57. The van der Waals surface area contributed by atoms with E-state index in [2.05, 4.69) is 4.98 Å². The lowest BCUT2D eigenvalue weighted by molar-refractivity contribution is -0.142. The van der Waals surface area contributed by atoms with E-state index in [1.54, 1.807) is 13.3 Å². The van der Waals surface area contributed by atoms with Gasteiger partial charge in [-0.2, -0.15) is 0 Å². The van der Waals surface area contributed by atoms with Crippen molar-refractivity contribution in [2.24, 2.45) is 0 Å². The lowest BCUT2D eigenvalue weighted by Gasteiger charge is -2.33. The summed E-state index contributed by atoms with van der Waals surface area (Å²) in [5.41, 5.74) is 2.02. The van der Waals surface area contributed by atoms with Gasteiger partial charge in [-0.25, -0.2) is 0 Å². The maximum Gasteiger partial charge on any atom is 0.252 e. The number of likely N-dealkylation sites (N-methyl/N-ethyl adjacent to an activating group) is 1. The summed E-state index contributed by atoms with van der Waals surface area (Å²) in [5.74, 6) is 0.840. The first-order chi connectivity index (χ1) is 12.2. The van der Waals surface area contributed by atoms with Gasteiger partial charge in [-0.3, -0.25) is 9.78 Å². The highest BCUT2D eigenvalue weighted by Gasteiger charge is 2.33. The third-order valence-corrected chi connectivity index (χ3v) is 4.57. The summed E-state index contributed by atoms with van der Waals surface area (Å²) >= 11 is 0. The molecule has 0 unspecified atom stereocenters. The SMILES string of the molecule is CCN(C(=O)[C@H]1CCCO1)[C@H](c1ccc(OC)cc1)c1cccnc1. The molecule has 132 valence electrons. The van der Waals surface area contributed by atoms with Crippen molar-refractivity contribution < 1.29 is 14.3 Å². The van der Waals surface area contributed by atoms with E-state index < -0.39 is 0 Å². The normalized spacial score (nSPS) is 17.9. The first-order valence-corrected chi connectivity index (χ1v) is 8.70. The highest BCUT2D eigenvalue weighted by Crippen LogP contribution is 2.31. The number of carbonyl (C=O) groups excluding carboxylic acids is 1. The number of carbonyl (C=O) groups is 1. The molecule has 1 saturated heterocycles. The molecule has 2 aromatic rings. The molecule has 1 aliphatic rings. The smallest absolute Gasteiger partial charge is 0.252 e. The van der Waals surface area contributed by atoms with Crippen LogP contribution in [0.5, 0.6) is 5.75 Å². The van der Waals surface area contributed by atoms with Crippen LogP contribution in [0.1, 0.15) is 36.9 Å². The maximum atomic E-state index is 13.0. The van der Waals surface area contributed by atoms with Crippen LogP contribution in [-0.4, -0.2) is 42.2 Å². The maximum absolute atomic E-state index is 13.0. The Morgan fingerprint density at radius 1 is 1.32 bits per heavy atom. The molecule has 5 nitrogen and oxygen atoms in total. The molecule has 1 amide bonds. The van der Waals surface area contributed by atoms with Gasteiger partial charge in [0, 0.05) is 25.5 Å². The third kappa shape index (κ3) is 3.82. The summed E-state index contributed by atoms with van der Waals surface area (Å²) in [6, 6.07) is 11.6. The summed E-state index contributed by atoms with van der Waals surface area (Å²) in [5, 5.41) is 0. The Kier molecular flexibility index (Phi) is 5.66. The Hall–Kier alpha value is -2.40. The van der Waals surface area contributed by atoms with Crippen molar-refractivity contribution in [1.29, 1.82) is 0 Å². The predicted octanol–water partition coefficient (Wildman–Crippen LogP) is 3.21. The summed E-state index contributed by atoms with van der Waals surface area (Å²) < 4.78 is 10.9. The zero-order valence-electron chi connectivity index (χ0n) is 14.7. The molecule has 5 heteroatoms. The fraction of sp³-hybridized carbons (Fsp3) is 0.400. The minimum atomic E-state index is -0.336. The summed E-state index contributed by atoms with van der Waals surface area (Å²) in [7, 11) is 1.65. The fourth-order valence-corrected chi connectivity index (χ4v) is 3.30. The number of hydrogen-bond donors (Lipinski definition) is 0. The van der Waals surface area contributed by atoms with Crippen molar-refractivity contribution in [2.45, 2.75) is 31.9 Å².